The van der Waals surface area contributed by atoms with E-state index in [0.717, 1.165) is 0 Å². The van der Waals surface area contributed by atoms with Crippen LogP contribution in [0.2, 0.25) is 10.0 Å². The van der Waals surface area contributed by atoms with Crippen molar-refractivity contribution in [2.45, 2.75) is 0 Å². The van der Waals surface area contributed by atoms with Gasteiger partial charge in [0.25, 0.3) is 5.91 Å². The first kappa shape index (κ1) is 20.4. The van der Waals surface area contributed by atoms with Crippen LogP contribution in [-0.4, -0.2) is 27.2 Å². The number of hydrogen-bond donors (Lipinski definition) is 1. The molecule has 1 N–H and O–H groups in total. The molecule has 2 rings (SSSR count). The van der Waals surface area contributed by atoms with Crippen LogP contribution in [-0.2, 0) is 4.79 Å². The van der Waals surface area contributed by atoms with E-state index in [1.807, 2.05) is 6.07 Å². The van der Waals surface area contributed by atoms with E-state index in [1.165, 1.54) is 45.6 Å². The summed E-state index contributed by atoms with van der Waals surface area (Å²) in [5, 5.41) is 12.7. The Morgan fingerprint density at radius 1 is 0.963 bits per heavy atom. The maximum absolute atomic E-state index is 12.5. The number of rotatable bonds is 6. The fourth-order valence-corrected chi connectivity index (χ4v) is 2.82. The van der Waals surface area contributed by atoms with Crippen molar-refractivity contribution in [3.63, 3.8) is 0 Å². The third-order valence-electron chi connectivity index (χ3n) is 3.52. The lowest BCUT2D eigenvalue weighted by molar-refractivity contribution is -0.112. The smallest absolute Gasteiger partial charge is 0.266 e. The molecule has 0 heterocycles. The minimum atomic E-state index is -0.618. The monoisotopic (exact) mass is 406 g/mol. The fourth-order valence-electron chi connectivity index (χ4n) is 2.29. The minimum absolute atomic E-state index is 0.142. The summed E-state index contributed by atoms with van der Waals surface area (Å²) in [6.45, 7) is 0. The Morgan fingerprint density at radius 3 is 2.04 bits per heavy atom. The lowest BCUT2D eigenvalue weighted by atomic mass is 10.1. The van der Waals surface area contributed by atoms with Gasteiger partial charge in [0.1, 0.15) is 17.4 Å². The summed E-state index contributed by atoms with van der Waals surface area (Å²) in [5.74, 6) is 0.693. The van der Waals surface area contributed by atoms with Gasteiger partial charge in [-0.1, -0.05) is 23.2 Å². The summed E-state index contributed by atoms with van der Waals surface area (Å²) in [7, 11) is 4.45. The van der Waals surface area contributed by atoms with Crippen LogP contribution in [0.5, 0.6) is 17.2 Å². The van der Waals surface area contributed by atoms with Crippen LogP contribution in [0.3, 0.4) is 0 Å². The number of halogens is 2. The molecule has 0 radical (unpaired) electrons. The zero-order valence-corrected chi connectivity index (χ0v) is 16.3. The number of methoxy groups -OCH3 is 3. The van der Waals surface area contributed by atoms with Crippen molar-refractivity contribution in [1.82, 2.24) is 0 Å². The Labute approximate surface area is 166 Å². The summed E-state index contributed by atoms with van der Waals surface area (Å²) in [4.78, 5) is 12.5. The van der Waals surface area contributed by atoms with Crippen molar-refractivity contribution in [1.29, 1.82) is 5.26 Å². The van der Waals surface area contributed by atoms with Crippen molar-refractivity contribution in [3.05, 3.63) is 51.5 Å². The highest BCUT2D eigenvalue weighted by molar-refractivity contribution is 6.35. The topological polar surface area (TPSA) is 80.6 Å². The number of carbonyl (C=O) groups is 1. The molecule has 0 aliphatic heterocycles. The van der Waals surface area contributed by atoms with E-state index in [0.29, 0.717) is 38.5 Å². The number of amides is 1. The molecule has 0 saturated carbocycles. The summed E-state index contributed by atoms with van der Waals surface area (Å²) in [6, 6.07) is 9.67. The van der Waals surface area contributed by atoms with Crippen LogP contribution in [0.15, 0.2) is 35.9 Å². The van der Waals surface area contributed by atoms with Crippen molar-refractivity contribution >= 4 is 40.9 Å². The van der Waals surface area contributed by atoms with Crippen LogP contribution >= 0.6 is 23.2 Å². The maximum atomic E-state index is 12.5. The maximum Gasteiger partial charge on any atom is 0.266 e. The van der Waals surface area contributed by atoms with Crippen molar-refractivity contribution in [2.24, 2.45) is 0 Å². The second-order valence-electron chi connectivity index (χ2n) is 5.23. The van der Waals surface area contributed by atoms with Gasteiger partial charge in [-0.05, 0) is 30.3 Å². The molecule has 0 atom stereocenters. The predicted octanol–water partition coefficient (Wildman–Crippen LogP) is 4.56. The molecule has 140 valence electrons. The zero-order valence-electron chi connectivity index (χ0n) is 14.8. The molecular formula is C19H16Cl2N2O4. The molecule has 0 spiro atoms. The van der Waals surface area contributed by atoms with Gasteiger partial charge >= 0.3 is 0 Å². The van der Waals surface area contributed by atoms with E-state index in [-0.39, 0.29) is 5.57 Å². The number of ether oxygens (including phenoxy) is 3. The Balaban J connectivity index is 2.40. The van der Waals surface area contributed by atoms with Gasteiger partial charge in [0.05, 0.1) is 21.3 Å². The number of benzene rings is 2. The Hall–Kier alpha value is -2.88. The number of anilines is 1. The Morgan fingerprint density at radius 2 is 1.52 bits per heavy atom. The quantitative estimate of drug-likeness (QED) is 0.561. The van der Waals surface area contributed by atoms with Crippen molar-refractivity contribution in [2.75, 3.05) is 26.6 Å². The lowest BCUT2D eigenvalue weighted by Gasteiger charge is -2.12. The average molecular weight is 407 g/mol. The third-order valence-corrected chi connectivity index (χ3v) is 3.96. The second kappa shape index (κ2) is 9.17. The SMILES string of the molecule is COc1cc(OC)c(OC)cc1C=C(C#N)C(=O)Nc1cc(Cl)cc(Cl)c1. The molecule has 0 bridgehead atoms. The third kappa shape index (κ3) is 5.07. The van der Waals surface area contributed by atoms with Crippen LogP contribution in [0.1, 0.15) is 5.56 Å². The highest BCUT2D eigenvalue weighted by Crippen LogP contribution is 2.35. The van der Waals surface area contributed by atoms with Crippen LogP contribution in [0, 0.1) is 11.3 Å². The number of nitrogens with zero attached hydrogens (tertiary/aromatic N) is 1. The number of carbonyl (C=O) groups excluding carboxylic acids is 1. The average Bonchev–Trinajstić information content (AvgIpc) is 2.64. The standard InChI is InChI=1S/C19H16Cl2N2O4/c1-25-16-9-18(27-3)17(26-2)5-11(16)4-12(10-22)19(24)23-15-7-13(20)6-14(21)8-15/h4-9H,1-3H3,(H,23,24). The predicted molar refractivity (Wildman–Crippen MR) is 105 cm³/mol. The zero-order chi connectivity index (χ0) is 20.0. The first-order valence-corrected chi connectivity index (χ1v) is 8.36. The fraction of sp³-hybridized carbons (Fsp3) is 0.158. The molecule has 0 aromatic heterocycles. The summed E-state index contributed by atoms with van der Waals surface area (Å²) < 4.78 is 15.8. The van der Waals surface area contributed by atoms with Crippen LogP contribution in [0.25, 0.3) is 6.08 Å². The first-order chi connectivity index (χ1) is 12.9. The lowest BCUT2D eigenvalue weighted by Crippen LogP contribution is -2.13. The number of hydrogen-bond acceptors (Lipinski definition) is 5. The van der Waals surface area contributed by atoms with Crippen LogP contribution < -0.4 is 19.5 Å². The Bertz CT molecular complexity index is 916. The van der Waals surface area contributed by atoms with Crippen LogP contribution in [0.4, 0.5) is 5.69 Å². The van der Waals surface area contributed by atoms with Gasteiger partial charge in [-0.3, -0.25) is 4.79 Å². The first-order valence-electron chi connectivity index (χ1n) is 7.61. The van der Waals surface area contributed by atoms with E-state index in [4.69, 9.17) is 37.4 Å². The highest BCUT2D eigenvalue weighted by Gasteiger charge is 2.15. The van der Waals surface area contributed by atoms with Gasteiger partial charge in [-0.2, -0.15) is 5.26 Å². The summed E-state index contributed by atoms with van der Waals surface area (Å²) in [5.41, 5.74) is 0.709. The van der Waals surface area contributed by atoms with Crippen molar-refractivity contribution < 1.29 is 19.0 Å². The summed E-state index contributed by atoms with van der Waals surface area (Å²) >= 11 is 11.8. The summed E-state index contributed by atoms with van der Waals surface area (Å²) in [6.07, 6.45) is 1.39. The molecule has 2 aromatic carbocycles. The van der Waals surface area contributed by atoms with E-state index in [1.54, 1.807) is 12.1 Å². The highest BCUT2D eigenvalue weighted by atomic mass is 35.5. The number of nitrogens with one attached hydrogen (secondary N) is 1. The van der Waals surface area contributed by atoms with E-state index >= 15 is 0 Å². The van der Waals surface area contributed by atoms with E-state index < -0.39 is 5.91 Å². The van der Waals surface area contributed by atoms with E-state index in [9.17, 15) is 10.1 Å². The molecule has 2 aromatic rings. The van der Waals surface area contributed by atoms with E-state index in [2.05, 4.69) is 5.32 Å². The second-order valence-corrected chi connectivity index (χ2v) is 6.10. The molecule has 8 heteroatoms. The number of nitriles is 1. The molecule has 27 heavy (non-hydrogen) atoms. The van der Waals surface area contributed by atoms with Gasteiger partial charge in [0, 0.05) is 27.4 Å². The molecule has 1 amide bonds. The largest absolute Gasteiger partial charge is 0.496 e. The molecule has 0 fully saturated rings. The molecule has 0 aliphatic rings. The van der Waals surface area contributed by atoms with Gasteiger partial charge in [0.15, 0.2) is 11.5 Å². The molecule has 0 saturated heterocycles. The Kier molecular flexibility index (Phi) is 6.94. The molecule has 0 unspecified atom stereocenters. The van der Waals surface area contributed by atoms with Gasteiger partial charge in [0.2, 0.25) is 0 Å². The minimum Gasteiger partial charge on any atom is -0.496 e. The van der Waals surface area contributed by atoms with Gasteiger partial charge in [-0.15, -0.1) is 0 Å². The molecule has 0 aliphatic carbocycles. The van der Waals surface area contributed by atoms with Gasteiger partial charge in [-0.25, -0.2) is 0 Å². The van der Waals surface area contributed by atoms with Gasteiger partial charge < -0.3 is 19.5 Å². The molecule has 6 nitrogen and oxygen atoms in total. The van der Waals surface area contributed by atoms with Crippen molar-refractivity contribution in [3.8, 4) is 23.3 Å². The normalized spacial score (nSPS) is 10.7. The molecular weight excluding hydrogens is 391 g/mol.